The van der Waals surface area contributed by atoms with Gasteiger partial charge in [0.05, 0.1) is 0 Å². The number of amides is 1. The maximum Gasteiger partial charge on any atom is 0.436 e. The van der Waals surface area contributed by atoms with E-state index in [1.807, 2.05) is 13.8 Å². The first-order valence-corrected chi connectivity index (χ1v) is 4.63. The highest BCUT2D eigenvalue weighted by Crippen LogP contribution is 2.29. The van der Waals surface area contributed by atoms with Gasteiger partial charge in [-0.2, -0.15) is 13.2 Å². The summed E-state index contributed by atoms with van der Waals surface area (Å²) in [5.74, 6) is -0.581. The SMILES string of the molecule is CC(C)CC(=O)Nc1cc(C(F)(F)F)no1. The highest BCUT2D eigenvalue weighted by molar-refractivity contribution is 5.89. The Morgan fingerprint density at radius 1 is 1.56 bits per heavy atom. The average Bonchev–Trinajstić information content (AvgIpc) is 2.49. The molecule has 1 N–H and O–H groups in total. The molecule has 0 radical (unpaired) electrons. The van der Waals surface area contributed by atoms with E-state index in [0.717, 1.165) is 0 Å². The molecule has 16 heavy (non-hydrogen) atoms. The molecule has 1 aromatic rings. The third-order valence-electron chi connectivity index (χ3n) is 1.66. The van der Waals surface area contributed by atoms with Crippen LogP contribution in [-0.4, -0.2) is 11.1 Å². The van der Waals surface area contributed by atoms with Crippen LogP contribution < -0.4 is 5.32 Å². The lowest BCUT2D eigenvalue weighted by Gasteiger charge is -2.02. The van der Waals surface area contributed by atoms with E-state index in [2.05, 4.69) is 15.0 Å². The summed E-state index contributed by atoms with van der Waals surface area (Å²) < 4.78 is 40.7. The summed E-state index contributed by atoms with van der Waals surface area (Å²) in [6, 6.07) is 0.651. The summed E-state index contributed by atoms with van der Waals surface area (Å²) in [4.78, 5) is 11.2. The predicted octanol–water partition coefficient (Wildman–Crippen LogP) is 2.68. The largest absolute Gasteiger partial charge is 0.436 e. The van der Waals surface area contributed by atoms with Gasteiger partial charge in [-0.25, -0.2) is 0 Å². The molecule has 0 aliphatic carbocycles. The molecule has 1 heterocycles. The Bertz CT molecular complexity index is 371. The molecule has 0 saturated heterocycles. The van der Waals surface area contributed by atoms with Gasteiger partial charge in [0, 0.05) is 12.5 Å². The Morgan fingerprint density at radius 3 is 2.62 bits per heavy atom. The fraction of sp³-hybridized carbons (Fsp3) is 0.556. The number of alkyl halides is 3. The maximum absolute atomic E-state index is 12.1. The van der Waals surface area contributed by atoms with Crippen LogP contribution in [-0.2, 0) is 11.0 Å². The van der Waals surface area contributed by atoms with Crippen molar-refractivity contribution >= 4 is 11.8 Å². The zero-order chi connectivity index (χ0) is 12.3. The number of hydrogen-bond acceptors (Lipinski definition) is 3. The van der Waals surface area contributed by atoms with Crippen LogP contribution in [0.15, 0.2) is 10.6 Å². The van der Waals surface area contributed by atoms with Crippen molar-refractivity contribution in [3.05, 3.63) is 11.8 Å². The van der Waals surface area contributed by atoms with Crippen molar-refractivity contribution < 1.29 is 22.5 Å². The topological polar surface area (TPSA) is 55.1 Å². The number of halogens is 3. The quantitative estimate of drug-likeness (QED) is 0.877. The summed E-state index contributed by atoms with van der Waals surface area (Å²) in [5.41, 5.74) is -1.16. The van der Waals surface area contributed by atoms with Crippen LogP contribution in [0, 0.1) is 5.92 Å². The van der Waals surface area contributed by atoms with Crippen LogP contribution in [0.3, 0.4) is 0 Å². The van der Waals surface area contributed by atoms with E-state index >= 15 is 0 Å². The number of nitrogens with one attached hydrogen (secondary N) is 1. The molecule has 1 amide bonds. The Morgan fingerprint density at radius 2 is 2.19 bits per heavy atom. The summed E-state index contributed by atoms with van der Waals surface area (Å²) in [6.07, 6.45) is -4.35. The minimum absolute atomic E-state index is 0.116. The number of nitrogens with zero attached hydrogens (tertiary/aromatic N) is 1. The molecular weight excluding hydrogens is 225 g/mol. The molecule has 0 aromatic carbocycles. The van der Waals surface area contributed by atoms with E-state index in [9.17, 15) is 18.0 Å². The first-order valence-electron chi connectivity index (χ1n) is 4.63. The van der Waals surface area contributed by atoms with Crippen molar-refractivity contribution in [3.63, 3.8) is 0 Å². The minimum atomic E-state index is -4.56. The molecule has 1 rings (SSSR count). The number of carbonyl (C=O) groups is 1. The number of anilines is 1. The second kappa shape index (κ2) is 4.54. The molecule has 90 valence electrons. The second-order valence-electron chi connectivity index (χ2n) is 3.72. The number of carbonyl (C=O) groups excluding carboxylic acids is 1. The van der Waals surface area contributed by atoms with E-state index in [0.29, 0.717) is 6.07 Å². The van der Waals surface area contributed by atoms with Crippen molar-refractivity contribution in [1.29, 1.82) is 0 Å². The van der Waals surface area contributed by atoms with Crippen LogP contribution >= 0.6 is 0 Å². The third kappa shape index (κ3) is 3.56. The van der Waals surface area contributed by atoms with Gasteiger partial charge in [0.1, 0.15) is 0 Å². The summed E-state index contributed by atoms with van der Waals surface area (Å²) in [6.45, 7) is 3.64. The third-order valence-corrected chi connectivity index (χ3v) is 1.66. The highest BCUT2D eigenvalue weighted by atomic mass is 19.4. The summed E-state index contributed by atoms with van der Waals surface area (Å²) in [5, 5.41) is 5.00. The molecule has 0 unspecified atom stereocenters. The Labute approximate surface area is 89.8 Å². The summed E-state index contributed by atoms with van der Waals surface area (Å²) in [7, 11) is 0. The van der Waals surface area contributed by atoms with E-state index in [1.54, 1.807) is 0 Å². The van der Waals surface area contributed by atoms with Crippen molar-refractivity contribution in [1.82, 2.24) is 5.16 Å². The van der Waals surface area contributed by atoms with Crippen molar-refractivity contribution in [2.24, 2.45) is 5.92 Å². The van der Waals surface area contributed by atoms with Crippen LogP contribution in [0.25, 0.3) is 0 Å². The smallest absolute Gasteiger partial charge is 0.338 e. The molecule has 1 aromatic heterocycles. The molecule has 7 heteroatoms. The second-order valence-corrected chi connectivity index (χ2v) is 3.72. The van der Waals surface area contributed by atoms with E-state index in [4.69, 9.17) is 0 Å². The monoisotopic (exact) mass is 236 g/mol. The predicted molar refractivity (Wildman–Crippen MR) is 49.6 cm³/mol. The average molecular weight is 236 g/mol. The standard InChI is InChI=1S/C9H11F3N2O2/c1-5(2)3-7(15)13-8-4-6(14-16-8)9(10,11)12/h4-5H,3H2,1-2H3,(H,13,15). The maximum atomic E-state index is 12.1. The van der Waals surface area contributed by atoms with Gasteiger partial charge in [0.25, 0.3) is 0 Å². The molecule has 0 aliphatic heterocycles. The van der Waals surface area contributed by atoms with Gasteiger partial charge >= 0.3 is 6.18 Å². The van der Waals surface area contributed by atoms with E-state index in [-0.39, 0.29) is 18.2 Å². The lowest BCUT2D eigenvalue weighted by Crippen LogP contribution is -2.13. The Kier molecular flexibility index (Phi) is 3.56. The van der Waals surface area contributed by atoms with Gasteiger partial charge < -0.3 is 4.52 Å². The normalized spacial score (nSPS) is 11.9. The summed E-state index contributed by atoms with van der Waals surface area (Å²) >= 11 is 0. The van der Waals surface area contributed by atoms with Crippen LogP contribution in [0.4, 0.5) is 19.1 Å². The van der Waals surface area contributed by atoms with Crippen molar-refractivity contribution in [2.45, 2.75) is 26.4 Å². The molecule has 0 atom stereocenters. The van der Waals surface area contributed by atoms with Gasteiger partial charge in [-0.05, 0) is 5.92 Å². The molecule has 0 aliphatic rings. The fourth-order valence-corrected chi connectivity index (χ4v) is 1.03. The van der Waals surface area contributed by atoms with Crippen LogP contribution in [0.1, 0.15) is 26.0 Å². The van der Waals surface area contributed by atoms with Crippen molar-refractivity contribution in [3.8, 4) is 0 Å². The molecule has 4 nitrogen and oxygen atoms in total. The lowest BCUT2D eigenvalue weighted by atomic mass is 10.1. The van der Waals surface area contributed by atoms with E-state index in [1.165, 1.54) is 0 Å². The van der Waals surface area contributed by atoms with Gasteiger partial charge in [-0.1, -0.05) is 19.0 Å². The van der Waals surface area contributed by atoms with Gasteiger partial charge in [-0.3, -0.25) is 10.1 Å². The lowest BCUT2D eigenvalue weighted by molar-refractivity contribution is -0.142. The zero-order valence-electron chi connectivity index (χ0n) is 8.76. The number of aromatic nitrogens is 1. The van der Waals surface area contributed by atoms with Crippen LogP contribution in [0.2, 0.25) is 0 Å². The zero-order valence-corrected chi connectivity index (χ0v) is 8.76. The van der Waals surface area contributed by atoms with Gasteiger partial charge in [0.15, 0.2) is 5.69 Å². The first-order chi connectivity index (χ1) is 7.29. The van der Waals surface area contributed by atoms with Crippen molar-refractivity contribution in [2.75, 3.05) is 5.32 Å². The number of hydrogen-bond donors (Lipinski definition) is 1. The first kappa shape index (κ1) is 12.5. The Balaban J connectivity index is 2.62. The van der Waals surface area contributed by atoms with Crippen LogP contribution in [0.5, 0.6) is 0 Å². The molecule has 0 bridgehead atoms. The highest BCUT2D eigenvalue weighted by Gasteiger charge is 2.35. The van der Waals surface area contributed by atoms with E-state index < -0.39 is 17.8 Å². The molecular formula is C9H11F3N2O2. The molecule has 0 fully saturated rings. The van der Waals surface area contributed by atoms with Gasteiger partial charge in [-0.15, -0.1) is 0 Å². The number of rotatable bonds is 3. The van der Waals surface area contributed by atoms with Gasteiger partial charge in [0.2, 0.25) is 11.8 Å². The fourth-order valence-electron chi connectivity index (χ4n) is 1.03. The minimum Gasteiger partial charge on any atom is -0.338 e. The Hall–Kier alpha value is -1.53. The molecule has 0 spiro atoms. The molecule has 0 saturated carbocycles.